The molecule has 0 saturated heterocycles. The lowest BCUT2D eigenvalue weighted by atomic mass is 10.2. The zero-order chi connectivity index (χ0) is 8.91. The van der Waals surface area contributed by atoms with Crippen molar-refractivity contribution in [2.75, 3.05) is 6.16 Å². The van der Waals surface area contributed by atoms with Gasteiger partial charge in [0, 0.05) is 13.5 Å². The van der Waals surface area contributed by atoms with Gasteiger partial charge in [0.2, 0.25) is 5.16 Å². The molecule has 7 heteroatoms. The summed E-state index contributed by atoms with van der Waals surface area (Å²) in [6, 6.07) is 1.68. The van der Waals surface area contributed by atoms with Crippen LogP contribution in [0.2, 0.25) is 0 Å². The number of carboxylic acid groups (broad SMARTS) is 1. The summed E-state index contributed by atoms with van der Waals surface area (Å²) in [5.41, 5.74) is 0. The third-order valence-electron chi connectivity index (χ3n) is 0.988. The van der Waals surface area contributed by atoms with Crippen molar-refractivity contribution >= 4 is 44.3 Å². The summed E-state index contributed by atoms with van der Waals surface area (Å²) < 4.78 is 0. The van der Waals surface area contributed by atoms with Crippen molar-refractivity contribution in [3.63, 3.8) is 0 Å². The Morgan fingerprint density at radius 1 is 1.73 bits per heavy atom. The van der Waals surface area contributed by atoms with E-state index in [0.717, 1.165) is 0 Å². The molecule has 3 nitrogen and oxygen atoms in total. The van der Waals surface area contributed by atoms with Crippen LogP contribution in [0.3, 0.4) is 0 Å². The van der Waals surface area contributed by atoms with Gasteiger partial charge in [0.1, 0.15) is 0 Å². The number of nitrogens with zero attached hydrogens (tertiary/aromatic N) is 1. The van der Waals surface area contributed by atoms with E-state index in [0.29, 0.717) is 7.36 Å². The molecule has 0 rings (SSSR count). The third kappa shape index (κ3) is 2.50. The molecule has 0 saturated carbocycles. The molecule has 0 spiro atoms. The van der Waals surface area contributed by atoms with Gasteiger partial charge in [-0.05, 0) is 7.36 Å². The van der Waals surface area contributed by atoms with E-state index in [4.69, 9.17) is 10.4 Å². The lowest BCUT2D eigenvalue weighted by Crippen LogP contribution is -2.32. The number of aliphatic carboxylic acids is 1. The highest BCUT2D eigenvalue weighted by molar-refractivity contribution is 7.99. The molecule has 1 atom stereocenters. The summed E-state index contributed by atoms with van der Waals surface area (Å²) in [5.74, 6) is -1.19. The molecule has 0 aliphatic carbocycles. The van der Waals surface area contributed by atoms with Crippen molar-refractivity contribution in [1.82, 2.24) is 0 Å². The number of carboxylic acids is 1. The highest BCUT2D eigenvalue weighted by Crippen LogP contribution is 2.26. The molecule has 1 N–H and O–H groups in total. The first-order valence-corrected chi connectivity index (χ1v) is 6.41. The first-order chi connectivity index (χ1) is 5.13. The van der Waals surface area contributed by atoms with Crippen LogP contribution in [0.4, 0.5) is 0 Å². The van der Waals surface area contributed by atoms with E-state index in [1.165, 1.54) is 0 Å². The summed E-state index contributed by atoms with van der Waals surface area (Å²) in [5, 5.41) is 15.7. The number of hydrogen-bond acceptors (Lipinski definition) is 4. The maximum atomic E-state index is 10.5. The minimum Gasteiger partial charge on any atom is -0.480 e. The highest BCUT2D eigenvalue weighted by Gasteiger charge is 2.36. The number of nitriles is 1. The topological polar surface area (TPSA) is 61.1 Å². The van der Waals surface area contributed by atoms with Crippen LogP contribution in [0.25, 0.3) is 0 Å². The van der Waals surface area contributed by atoms with Crippen molar-refractivity contribution in [1.29, 1.82) is 5.26 Å². The molecule has 58 valence electrons. The molecule has 0 heterocycles. The Bertz CT molecular complexity index is 239. The largest absolute Gasteiger partial charge is 0.480 e. The number of carbonyl (C=O) groups is 1. The predicted octanol–water partition coefficient (Wildman–Crippen LogP) is 1.15. The summed E-state index contributed by atoms with van der Waals surface area (Å²) in [6.07, 6.45) is 0.110. The fourth-order valence-corrected chi connectivity index (χ4v) is 3.03. The average molecular weight is 223 g/mol. The minimum atomic E-state index is -1.47. The monoisotopic (exact) mass is 223 g/mol. The van der Waals surface area contributed by atoms with Crippen LogP contribution in [-0.2, 0) is 28.4 Å². The summed E-state index contributed by atoms with van der Waals surface area (Å²) in [4.78, 5) is 10.5. The third-order valence-corrected chi connectivity index (χ3v) is 3.92. The smallest absolute Gasteiger partial charge is 0.334 e. The van der Waals surface area contributed by atoms with Crippen LogP contribution in [0, 0.1) is 11.3 Å². The van der Waals surface area contributed by atoms with Crippen molar-refractivity contribution < 1.29 is 9.90 Å². The zero-order valence-electron chi connectivity index (χ0n) is 5.22. The summed E-state index contributed by atoms with van der Waals surface area (Å²) >= 11 is 9.10. The molecule has 0 aromatic heterocycles. The van der Waals surface area contributed by atoms with Gasteiger partial charge in [0.25, 0.3) is 0 Å². The van der Waals surface area contributed by atoms with Crippen molar-refractivity contribution in [2.45, 2.75) is 5.16 Å². The van der Waals surface area contributed by atoms with Crippen LogP contribution in [0.15, 0.2) is 0 Å². The van der Waals surface area contributed by atoms with E-state index in [-0.39, 0.29) is 13.5 Å². The first-order valence-electron chi connectivity index (χ1n) is 2.41. The molecule has 0 fully saturated rings. The van der Waals surface area contributed by atoms with Gasteiger partial charge in [-0.25, -0.2) is 4.79 Å². The van der Waals surface area contributed by atoms with Crippen LogP contribution < -0.4 is 0 Å². The summed E-state index contributed by atoms with van der Waals surface area (Å²) in [6.45, 7) is 0. The predicted molar refractivity (Wildman–Crippen MR) is 49.4 cm³/mol. The van der Waals surface area contributed by atoms with Crippen LogP contribution in [0.5, 0.6) is 0 Å². The zero-order valence-corrected chi connectivity index (χ0v) is 8.64. The van der Waals surface area contributed by atoms with Gasteiger partial charge in [-0.1, -0.05) is 23.6 Å². The van der Waals surface area contributed by atoms with Gasteiger partial charge >= 0.3 is 5.97 Å². The molecule has 0 aromatic rings. The Balaban J connectivity index is 4.78. The Morgan fingerprint density at radius 3 is 2.36 bits per heavy atom. The second-order valence-corrected chi connectivity index (χ2v) is 4.50. The normalized spacial score (nSPS) is 15.5. The molecular weight excluding hydrogens is 220 g/mol. The second kappa shape index (κ2) is 4.79. The molecule has 11 heavy (non-hydrogen) atoms. The molecular formula is C4H3NO2P2S2. The van der Waals surface area contributed by atoms with Crippen molar-refractivity contribution in [2.24, 2.45) is 0 Å². The number of rotatable bonds is 4. The van der Waals surface area contributed by atoms with Crippen molar-refractivity contribution in [3.05, 3.63) is 0 Å². The summed E-state index contributed by atoms with van der Waals surface area (Å²) in [7, 11) is 0.584. The molecule has 0 aliphatic rings. The fraction of sp³-hybridized carbons (Fsp3) is 0.500. The minimum absolute atomic E-state index is 0.110. The second-order valence-electron chi connectivity index (χ2n) is 1.66. The molecule has 0 bridgehead atoms. The highest BCUT2D eigenvalue weighted by atomic mass is 32.4. The molecule has 0 aromatic carbocycles. The van der Waals surface area contributed by atoms with Crippen molar-refractivity contribution in [3.8, 4) is 6.07 Å². The molecule has 0 aliphatic heterocycles. The van der Waals surface area contributed by atoms with Gasteiger partial charge in [-0.3, -0.25) is 0 Å². The first kappa shape index (κ1) is 11.0. The molecule has 1 unspecified atom stereocenters. The average Bonchev–Trinajstić information content (AvgIpc) is 2.00. The van der Waals surface area contributed by atoms with E-state index in [2.05, 4.69) is 23.6 Å². The fourth-order valence-electron chi connectivity index (χ4n) is 0.333. The lowest BCUT2D eigenvalue weighted by molar-refractivity contribution is -0.137. The number of hydrogen-bond donors (Lipinski definition) is 1. The van der Waals surface area contributed by atoms with Gasteiger partial charge in [0.15, 0.2) is 0 Å². The van der Waals surface area contributed by atoms with E-state index in [1.807, 2.05) is 0 Å². The SMILES string of the molecule is N#CC(CP=S)(P=S)C(=O)O. The quantitative estimate of drug-likeness (QED) is 0.724. The van der Waals surface area contributed by atoms with Gasteiger partial charge in [-0.2, -0.15) is 5.26 Å². The van der Waals surface area contributed by atoms with Crippen LogP contribution >= 0.6 is 14.7 Å². The van der Waals surface area contributed by atoms with Crippen LogP contribution in [-0.4, -0.2) is 22.4 Å². The van der Waals surface area contributed by atoms with Gasteiger partial charge in [0.05, 0.1) is 6.07 Å². The van der Waals surface area contributed by atoms with E-state index in [9.17, 15) is 4.79 Å². The van der Waals surface area contributed by atoms with E-state index in [1.54, 1.807) is 6.07 Å². The maximum Gasteiger partial charge on any atom is 0.334 e. The Kier molecular flexibility index (Phi) is 4.79. The van der Waals surface area contributed by atoms with Crippen LogP contribution in [0.1, 0.15) is 0 Å². The Morgan fingerprint density at radius 2 is 2.27 bits per heavy atom. The van der Waals surface area contributed by atoms with E-state index < -0.39 is 11.1 Å². The van der Waals surface area contributed by atoms with Gasteiger partial charge < -0.3 is 5.11 Å². The van der Waals surface area contributed by atoms with Gasteiger partial charge in [-0.15, -0.1) is 0 Å². The molecule has 0 amide bonds. The lowest BCUT2D eigenvalue weighted by Gasteiger charge is -2.10. The standard InChI is InChI=1S/C4H3NO2P2S2/c5-1-4(9-11,2-8-10)3(6)7/h2H2,(H,6,7). The molecule has 0 radical (unpaired) electrons. The van der Waals surface area contributed by atoms with E-state index >= 15 is 0 Å². The Labute approximate surface area is 77.1 Å². The Hall–Kier alpha value is -0.000000000000000111. The maximum absolute atomic E-state index is 10.5.